The quantitative estimate of drug-likeness (QED) is 0.442. The Kier molecular flexibility index (Phi) is 2.16. The van der Waals surface area contributed by atoms with Crippen molar-refractivity contribution in [3.8, 4) is 0 Å². The highest BCUT2D eigenvalue weighted by Gasteiger charge is 2.30. The van der Waals surface area contributed by atoms with E-state index in [-0.39, 0.29) is 12.2 Å². The number of likely N-dealkylation sites (tertiary alicyclic amines) is 1. The van der Waals surface area contributed by atoms with Gasteiger partial charge in [-0.05, 0) is 0 Å². The van der Waals surface area contributed by atoms with Crippen LogP contribution in [0.25, 0.3) is 0 Å². The second kappa shape index (κ2) is 2.92. The molecule has 0 bridgehead atoms. The van der Waals surface area contributed by atoms with Crippen molar-refractivity contribution in [1.29, 1.82) is 0 Å². The monoisotopic (exact) mass is 143 g/mol. The van der Waals surface area contributed by atoms with Gasteiger partial charge in [0.1, 0.15) is 0 Å². The van der Waals surface area contributed by atoms with Crippen LogP contribution in [0.15, 0.2) is 0 Å². The first-order valence-corrected chi connectivity index (χ1v) is 3.13. The van der Waals surface area contributed by atoms with Crippen LogP contribution in [0.5, 0.6) is 0 Å². The van der Waals surface area contributed by atoms with Gasteiger partial charge in [-0.1, -0.05) is 0 Å². The minimum Gasteiger partial charge on any atom is -0.453 e. The number of ether oxygens (including phenoxy) is 1. The van der Waals surface area contributed by atoms with E-state index in [2.05, 4.69) is 4.74 Å². The van der Waals surface area contributed by atoms with E-state index in [0.29, 0.717) is 13.1 Å². The Morgan fingerprint density at radius 1 is 1.70 bits per heavy atom. The zero-order valence-corrected chi connectivity index (χ0v) is 6.16. The normalized spacial score (nSPS) is 18.3. The van der Waals surface area contributed by atoms with Crippen molar-refractivity contribution in [2.24, 2.45) is 0 Å². The van der Waals surface area contributed by atoms with Gasteiger partial charge in [0, 0.05) is 0 Å². The van der Waals surface area contributed by atoms with Crippen LogP contribution in [0.4, 0.5) is 4.79 Å². The number of methoxy groups -OCH3 is 1. The van der Waals surface area contributed by atoms with Gasteiger partial charge in [0.2, 0.25) is 0 Å². The predicted molar refractivity (Wildman–Crippen MR) is 37.4 cm³/mol. The van der Waals surface area contributed by atoms with Crippen molar-refractivity contribution < 1.29 is 14.2 Å². The molecule has 1 saturated heterocycles. The molecule has 1 rings (SSSR count). The second-order valence-electron chi connectivity index (χ2n) is 2.23. The lowest BCUT2D eigenvalue weighted by Crippen LogP contribution is -2.54. The van der Waals surface area contributed by atoms with E-state index in [1.54, 1.807) is 12.9 Å². The molecule has 5 heteroatoms. The third-order valence-corrected chi connectivity index (χ3v) is 1.61. The molecule has 4 nitrogen and oxygen atoms in total. The molecule has 0 radical (unpaired) electrons. The maximum Gasteiger partial charge on any atom is 0.409 e. The number of rotatable bonds is 1. The maximum absolute atomic E-state index is 10.7. The number of carbonyl (C=O) groups excluding carboxylic acids is 1. The largest absolute Gasteiger partial charge is 0.453 e. The molecule has 1 aliphatic heterocycles. The van der Waals surface area contributed by atoms with Crippen molar-refractivity contribution in [2.45, 2.75) is 6.10 Å². The summed E-state index contributed by atoms with van der Waals surface area (Å²) < 4.78 is 9.44. The zero-order valence-electron chi connectivity index (χ0n) is 6.16. The van der Waals surface area contributed by atoms with Crippen LogP contribution in [0.3, 0.4) is 0 Å². The van der Waals surface area contributed by atoms with Crippen LogP contribution in [0.2, 0.25) is 0 Å². The van der Waals surface area contributed by atoms with E-state index >= 15 is 0 Å². The van der Waals surface area contributed by atoms with Gasteiger partial charge >= 0.3 is 6.09 Å². The van der Waals surface area contributed by atoms with E-state index in [9.17, 15) is 4.79 Å². The molecule has 1 aliphatic rings. The summed E-state index contributed by atoms with van der Waals surface area (Å²) in [6, 6.07) is 0. The number of amides is 1. The van der Waals surface area contributed by atoms with E-state index in [0.717, 1.165) is 0 Å². The minimum absolute atomic E-state index is 0.207. The zero-order chi connectivity index (χ0) is 7.56. The number of hydrogen-bond acceptors (Lipinski definition) is 3. The molecule has 56 valence electrons. The van der Waals surface area contributed by atoms with Gasteiger partial charge in [-0.25, -0.2) is 4.79 Å². The van der Waals surface area contributed by atoms with E-state index < -0.39 is 0 Å². The first-order chi connectivity index (χ1) is 4.77. The first-order valence-electron chi connectivity index (χ1n) is 3.13. The molecule has 0 N–H and O–H groups in total. The molecule has 0 spiro atoms. The van der Waals surface area contributed by atoms with Crippen LogP contribution >= 0.6 is 0 Å². The lowest BCUT2D eigenvalue weighted by atomic mass is 10.2. The molecule has 10 heavy (non-hydrogen) atoms. The second-order valence-corrected chi connectivity index (χ2v) is 2.23. The molecule has 1 amide bonds. The van der Waals surface area contributed by atoms with Crippen LogP contribution in [0.1, 0.15) is 0 Å². The molecule has 0 aromatic rings. The van der Waals surface area contributed by atoms with Crippen LogP contribution < -0.4 is 0 Å². The fourth-order valence-electron chi connectivity index (χ4n) is 0.865. The first kappa shape index (κ1) is 7.40. The molecule has 0 saturated carbocycles. The SMILES string of the molecule is BOC1CN(C(=O)OC)C1. The average molecular weight is 143 g/mol. The molecule has 0 aromatic carbocycles. The fourth-order valence-corrected chi connectivity index (χ4v) is 0.865. The summed E-state index contributed by atoms with van der Waals surface area (Å²) in [6.07, 6.45) is -0.0626. The lowest BCUT2D eigenvalue weighted by Gasteiger charge is -2.37. The molecule has 1 heterocycles. The lowest BCUT2D eigenvalue weighted by molar-refractivity contribution is 0.0225. The molecule has 0 atom stereocenters. The Hall–Kier alpha value is -0.705. The maximum atomic E-state index is 10.7. The van der Waals surface area contributed by atoms with Crippen molar-refractivity contribution in [3.05, 3.63) is 0 Å². The highest BCUT2D eigenvalue weighted by atomic mass is 16.5. The van der Waals surface area contributed by atoms with E-state index in [1.807, 2.05) is 0 Å². The summed E-state index contributed by atoms with van der Waals surface area (Å²) in [6.45, 7) is 1.31. The fraction of sp³-hybridized carbons (Fsp3) is 0.800. The Morgan fingerprint density at radius 2 is 2.30 bits per heavy atom. The summed E-state index contributed by atoms with van der Waals surface area (Å²) >= 11 is 0. The van der Waals surface area contributed by atoms with Crippen molar-refractivity contribution in [1.82, 2.24) is 4.90 Å². The third-order valence-electron chi connectivity index (χ3n) is 1.61. The van der Waals surface area contributed by atoms with Crippen LogP contribution in [-0.4, -0.2) is 45.3 Å². The Balaban J connectivity index is 2.19. The Morgan fingerprint density at radius 3 is 2.70 bits per heavy atom. The molecular weight excluding hydrogens is 133 g/mol. The summed E-state index contributed by atoms with van der Waals surface area (Å²) in [7, 11) is 3.02. The highest BCUT2D eigenvalue weighted by Crippen LogP contribution is 2.10. The standard InChI is InChI=1S/C5H10BNO3/c1-9-5(8)7-2-4(3-7)10-6/h4H,2-3,6H2,1H3. The third kappa shape index (κ3) is 1.24. The van der Waals surface area contributed by atoms with Gasteiger partial charge in [-0.2, -0.15) is 0 Å². The number of carbonyl (C=O) groups is 1. The van der Waals surface area contributed by atoms with E-state index in [4.69, 9.17) is 4.65 Å². The van der Waals surface area contributed by atoms with Crippen LogP contribution in [-0.2, 0) is 9.39 Å². The van der Waals surface area contributed by atoms with Crippen LogP contribution in [0, 0.1) is 0 Å². The predicted octanol–water partition coefficient (Wildman–Crippen LogP) is -0.998. The van der Waals surface area contributed by atoms with Gasteiger partial charge in [0.05, 0.1) is 26.3 Å². The van der Waals surface area contributed by atoms with Gasteiger partial charge in [0.25, 0.3) is 8.05 Å². The van der Waals surface area contributed by atoms with Gasteiger partial charge in [-0.15, -0.1) is 0 Å². The summed E-state index contributed by atoms with van der Waals surface area (Å²) in [4.78, 5) is 12.3. The molecule has 0 unspecified atom stereocenters. The molecular formula is C5H10BNO3. The Bertz CT molecular complexity index is 135. The molecule has 1 fully saturated rings. The number of nitrogens with zero attached hydrogens (tertiary/aromatic N) is 1. The van der Waals surface area contributed by atoms with E-state index in [1.165, 1.54) is 7.11 Å². The topological polar surface area (TPSA) is 38.8 Å². The van der Waals surface area contributed by atoms with Crippen molar-refractivity contribution in [2.75, 3.05) is 20.2 Å². The average Bonchev–Trinajstić information content (AvgIpc) is 1.85. The van der Waals surface area contributed by atoms with Gasteiger partial charge in [-0.3, -0.25) is 0 Å². The van der Waals surface area contributed by atoms with Gasteiger partial charge < -0.3 is 14.3 Å². The minimum atomic E-state index is -0.270. The molecule has 0 aliphatic carbocycles. The summed E-state index contributed by atoms with van der Waals surface area (Å²) in [5.41, 5.74) is 0. The smallest absolute Gasteiger partial charge is 0.409 e. The van der Waals surface area contributed by atoms with Gasteiger partial charge in [0.15, 0.2) is 0 Å². The van der Waals surface area contributed by atoms with Crippen molar-refractivity contribution in [3.63, 3.8) is 0 Å². The number of hydrogen-bond donors (Lipinski definition) is 0. The highest BCUT2D eigenvalue weighted by molar-refractivity contribution is 5.98. The Labute approximate surface area is 60.5 Å². The summed E-state index contributed by atoms with van der Waals surface area (Å²) in [5.74, 6) is 0. The van der Waals surface area contributed by atoms with Crippen molar-refractivity contribution >= 4 is 14.1 Å². The summed E-state index contributed by atoms with van der Waals surface area (Å²) in [5, 5.41) is 0. The molecule has 0 aromatic heterocycles.